The number of phenolic OH excluding ortho intramolecular Hbond substituents is 1. The quantitative estimate of drug-likeness (QED) is 0.672. The highest BCUT2D eigenvalue weighted by Gasteiger charge is 2.32. The number of rotatable bonds is 0. The molecule has 1 unspecified atom stereocenters. The van der Waals surface area contributed by atoms with Crippen molar-refractivity contribution in [1.82, 2.24) is 5.32 Å². The topological polar surface area (TPSA) is 52.6 Å². The number of nitrogens with zero attached hydrogens (tertiary/aromatic N) is 1. The molecule has 0 aliphatic carbocycles. The van der Waals surface area contributed by atoms with Gasteiger partial charge in [-0.15, -0.1) is 0 Å². The number of piperazine rings is 1. The second-order valence-corrected chi connectivity index (χ2v) is 4.40. The van der Waals surface area contributed by atoms with Gasteiger partial charge in [0.2, 0.25) is 5.91 Å². The fourth-order valence-corrected chi connectivity index (χ4v) is 2.62. The Morgan fingerprint density at radius 2 is 2.31 bits per heavy atom. The number of aromatic hydroxyl groups is 1. The number of phenols is 1. The van der Waals surface area contributed by atoms with Gasteiger partial charge in [0, 0.05) is 23.8 Å². The zero-order valence-electron chi connectivity index (χ0n) is 8.94. The molecular weight excluding hydrogens is 204 g/mol. The van der Waals surface area contributed by atoms with Crippen LogP contribution in [0, 0.1) is 0 Å². The summed E-state index contributed by atoms with van der Waals surface area (Å²) in [5, 5.41) is 12.7. The van der Waals surface area contributed by atoms with Crippen LogP contribution in [0.4, 0.5) is 5.69 Å². The molecule has 0 spiro atoms. The average molecular weight is 218 g/mol. The highest BCUT2D eigenvalue weighted by atomic mass is 16.3. The van der Waals surface area contributed by atoms with Crippen molar-refractivity contribution in [2.24, 2.45) is 0 Å². The van der Waals surface area contributed by atoms with Crippen LogP contribution >= 0.6 is 0 Å². The minimum Gasteiger partial charge on any atom is -0.508 e. The zero-order valence-corrected chi connectivity index (χ0v) is 8.94. The van der Waals surface area contributed by atoms with E-state index in [-0.39, 0.29) is 5.91 Å². The normalized spacial score (nSPS) is 23.4. The molecule has 2 N–H and O–H groups in total. The van der Waals surface area contributed by atoms with Crippen LogP contribution in [0.5, 0.6) is 5.75 Å². The van der Waals surface area contributed by atoms with E-state index in [1.54, 1.807) is 6.07 Å². The first-order chi connectivity index (χ1) is 7.75. The van der Waals surface area contributed by atoms with Crippen LogP contribution in [0.1, 0.15) is 12.0 Å². The maximum Gasteiger partial charge on any atom is 0.239 e. The van der Waals surface area contributed by atoms with Crippen LogP contribution in [0.25, 0.3) is 0 Å². The summed E-state index contributed by atoms with van der Waals surface area (Å²) in [4.78, 5) is 13.5. The molecule has 2 heterocycles. The lowest BCUT2D eigenvalue weighted by atomic mass is 9.93. The molecule has 1 aromatic rings. The van der Waals surface area contributed by atoms with Crippen molar-refractivity contribution < 1.29 is 9.90 Å². The van der Waals surface area contributed by atoms with Crippen molar-refractivity contribution in [1.29, 1.82) is 0 Å². The van der Waals surface area contributed by atoms with E-state index in [1.807, 2.05) is 12.1 Å². The summed E-state index contributed by atoms with van der Waals surface area (Å²) in [5.74, 6) is 0.411. The number of anilines is 1. The molecule has 3 rings (SSSR count). The molecule has 1 aromatic carbocycles. The van der Waals surface area contributed by atoms with Crippen molar-refractivity contribution in [2.45, 2.75) is 18.9 Å². The average Bonchev–Trinajstić information content (AvgIpc) is 2.29. The zero-order chi connectivity index (χ0) is 11.1. The van der Waals surface area contributed by atoms with Gasteiger partial charge in [-0.05, 0) is 25.0 Å². The number of carbonyl (C=O) groups excluding carboxylic acids is 1. The fraction of sp³-hybridized carbons (Fsp3) is 0.417. The monoisotopic (exact) mass is 218 g/mol. The Morgan fingerprint density at radius 3 is 3.19 bits per heavy atom. The first-order valence-electron chi connectivity index (χ1n) is 5.60. The summed E-state index contributed by atoms with van der Waals surface area (Å²) in [6.45, 7) is 1.12. The van der Waals surface area contributed by atoms with E-state index in [9.17, 15) is 9.90 Å². The third-order valence-corrected chi connectivity index (χ3v) is 3.45. The Labute approximate surface area is 93.9 Å². The standard InChI is InChI=1S/C12H14N2O2/c15-11-3-1-2-10-9(11)5-4-8-6-13-12(16)7-14(8)10/h1-3,8,15H,4-7H2,(H,13,16). The van der Waals surface area contributed by atoms with Gasteiger partial charge in [0.15, 0.2) is 0 Å². The van der Waals surface area contributed by atoms with Crippen LogP contribution in [-0.4, -0.2) is 30.1 Å². The number of carbonyl (C=O) groups is 1. The number of nitrogens with one attached hydrogen (secondary N) is 1. The predicted octanol–water partition coefficient (Wildman–Crippen LogP) is 0.643. The molecule has 0 radical (unpaired) electrons. The Balaban J connectivity index is 2.03. The van der Waals surface area contributed by atoms with Gasteiger partial charge >= 0.3 is 0 Å². The smallest absolute Gasteiger partial charge is 0.239 e. The Morgan fingerprint density at radius 1 is 1.44 bits per heavy atom. The van der Waals surface area contributed by atoms with E-state index in [4.69, 9.17) is 0 Å². The SMILES string of the molecule is O=C1CN2c3cccc(O)c3CCC2CN1. The van der Waals surface area contributed by atoms with E-state index in [1.165, 1.54) is 0 Å². The molecule has 1 atom stereocenters. The van der Waals surface area contributed by atoms with Gasteiger partial charge in [-0.3, -0.25) is 4.79 Å². The van der Waals surface area contributed by atoms with E-state index in [0.717, 1.165) is 24.1 Å². The van der Waals surface area contributed by atoms with Gasteiger partial charge in [0.25, 0.3) is 0 Å². The van der Waals surface area contributed by atoms with Gasteiger partial charge in [-0.2, -0.15) is 0 Å². The lowest BCUT2D eigenvalue weighted by Gasteiger charge is -2.41. The number of fused-ring (bicyclic) bond motifs is 3. The lowest BCUT2D eigenvalue weighted by molar-refractivity contribution is -0.120. The largest absolute Gasteiger partial charge is 0.508 e. The Hall–Kier alpha value is -1.71. The maximum atomic E-state index is 11.4. The summed E-state index contributed by atoms with van der Waals surface area (Å²) >= 11 is 0. The number of hydrogen-bond acceptors (Lipinski definition) is 3. The van der Waals surface area contributed by atoms with Crippen LogP contribution in [0.3, 0.4) is 0 Å². The summed E-state index contributed by atoms with van der Waals surface area (Å²) < 4.78 is 0. The third kappa shape index (κ3) is 1.33. The fourth-order valence-electron chi connectivity index (χ4n) is 2.62. The molecule has 16 heavy (non-hydrogen) atoms. The first-order valence-corrected chi connectivity index (χ1v) is 5.60. The van der Waals surface area contributed by atoms with Crippen molar-refractivity contribution >= 4 is 11.6 Å². The van der Waals surface area contributed by atoms with Crippen LogP contribution in [0.15, 0.2) is 18.2 Å². The molecule has 1 fully saturated rings. The predicted molar refractivity (Wildman–Crippen MR) is 60.6 cm³/mol. The highest BCUT2D eigenvalue weighted by Crippen LogP contribution is 2.36. The van der Waals surface area contributed by atoms with E-state index in [2.05, 4.69) is 10.2 Å². The Bertz CT molecular complexity index is 445. The van der Waals surface area contributed by atoms with Gasteiger partial charge < -0.3 is 15.3 Å². The number of benzene rings is 1. The summed E-state index contributed by atoms with van der Waals surface area (Å²) in [6.07, 6.45) is 1.88. The minimum atomic E-state index is 0.0624. The van der Waals surface area contributed by atoms with Crippen molar-refractivity contribution in [2.75, 3.05) is 18.0 Å². The molecule has 2 aliphatic rings. The van der Waals surface area contributed by atoms with Crippen LogP contribution in [-0.2, 0) is 11.2 Å². The molecule has 1 amide bonds. The van der Waals surface area contributed by atoms with Gasteiger partial charge in [-0.25, -0.2) is 0 Å². The molecule has 2 aliphatic heterocycles. The maximum absolute atomic E-state index is 11.4. The van der Waals surface area contributed by atoms with Crippen molar-refractivity contribution in [3.05, 3.63) is 23.8 Å². The lowest BCUT2D eigenvalue weighted by Crippen LogP contribution is -2.56. The molecule has 1 saturated heterocycles. The molecule has 0 aromatic heterocycles. The van der Waals surface area contributed by atoms with Gasteiger partial charge in [0.05, 0.1) is 6.54 Å². The third-order valence-electron chi connectivity index (χ3n) is 3.45. The van der Waals surface area contributed by atoms with Crippen LogP contribution in [0.2, 0.25) is 0 Å². The number of hydrogen-bond donors (Lipinski definition) is 2. The van der Waals surface area contributed by atoms with E-state index in [0.29, 0.717) is 24.9 Å². The summed E-state index contributed by atoms with van der Waals surface area (Å²) in [5.41, 5.74) is 2.00. The van der Waals surface area contributed by atoms with Gasteiger partial charge in [-0.1, -0.05) is 6.07 Å². The first kappa shape index (κ1) is 9.51. The molecule has 0 saturated carbocycles. The van der Waals surface area contributed by atoms with Gasteiger partial charge in [0.1, 0.15) is 5.75 Å². The highest BCUT2D eigenvalue weighted by molar-refractivity contribution is 5.84. The van der Waals surface area contributed by atoms with Crippen molar-refractivity contribution in [3.8, 4) is 5.75 Å². The second-order valence-electron chi connectivity index (χ2n) is 4.40. The van der Waals surface area contributed by atoms with Crippen molar-refractivity contribution in [3.63, 3.8) is 0 Å². The van der Waals surface area contributed by atoms with E-state index < -0.39 is 0 Å². The molecule has 84 valence electrons. The molecule has 4 heteroatoms. The summed E-state index contributed by atoms with van der Waals surface area (Å²) in [6, 6.07) is 5.92. The van der Waals surface area contributed by atoms with Crippen LogP contribution < -0.4 is 10.2 Å². The number of amides is 1. The summed E-state index contributed by atoms with van der Waals surface area (Å²) in [7, 11) is 0. The second kappa shape index (κ2) is 3.40. The molecule has 0 bridgehead atoms. The molecule has 4 nitrogen and oxygen atoms in total. The molecular formula is C12H14N2O2. The van der Waals surface area contributed by atoms with E-state index >= 15 is 0 Å². The minimum absolute atomic E-state index is 0.0624. The Kier molecular flexibility index (Phi) is 2.02.